The van der Waals surface area contributed by atoms with Gasteiger partial charge in [-0.25, -0.2) is 4.39 Å². The molecule has 0 saturated carbocycles. The first-order valence-corrected chi connectivity index (χ1v) is 7.04. The molecule has 3 nitrogen and oxygen atoms in total. The summed E-state index contributed by atoms with van der Waals surface area (Å²) in [5, 5.41) is 3.73. The van der Waals surface area contributed by atoms with Gasteiger partial charge >= 0.3 is 0 Å². The zero-order valence-corrected chi connectivity index (χ0v) is 12.8. The first kappa shape index (κ1) is 15.3. The van der Waals surface area contributed by atoms with Crippen LogP contribution in [0.15, 0.2) is 12.1 Å². The van der Waals surface area contributed by atoms with Gasteiger partial charge in [-0.15, -0.1) is 0 Å². The van der Waals surface area contributed by atoms with Crippen molar-refractivity contribution in [3.63, 3.8) is 0 Å². The van der Waals surface area contributed by atoms with Crippen molar-refractivity contribution in [2.75, 3.05) is 19.0 Å². The molecule has 2 aromatic rings. The molecule has 1 N–H and O–H groups in total. The topological polar surface area (TPSA) is 34.1 Å². The standard InChI is InChI=1S/C14H15Cl2FN2O/c1-3-4-18-10-5-8(7-20-2)19-11-6-9(15)14(17)13(16)12(10)11/h5-6H,3-4,7H2,1-2H3,(H,18,19). The highest BCUT2D eigenvalue weighted by atomic mass is 35.5. The van der Waals surface area contributed by atoms with Gasteiger partial charge in [-0.2, -0.15) is 0 Å². The van der Waals surface area contributed by atoms with E-state index in [9.17, 15) is 4.39 Å². The number of methoxy groups -OCH3 is 1. The van der Waals surface area contributed by atoms with Crippen LogP contribution in [0.25, 0.3) is 10.9 Å². The molecular formula is C14H15Cl2FN2O. The van der Waals surface area contributed by atoms with E-state index in [1.54, 1.807) is 7.11 Å². The van der Waals surface area contributed by atoms with Gasteiger partial charge in [-0.05, 0) is 18.6 Å². The molecule has 0 aliphatic rings. The lowest BCUT2D eigenvalue weighted by Crippen LogP contribution is -2.04. The Morgan fingerprint density at radius 3 is 2.75 bits per heavy atom. The van der Waals surface area contributed by atoms with Gasteiger partial charge in [0.2, 0.25) is 0 Å². The molecule has 1 heterocycles. The van der Waals surface area contributed by atoms with Gasteiger partial charge in [-0.1, -0.05) is 30.1 Å². The maximum atomic E-state index is 13.9. The predicted molar refractivity (Wildman–Crippen MR) is 81.2 cm³/mol. The smallest absolute Gasteiger partial charge is 0.161 e. The third-order valence-electron chi connectivity index (χ3n) is 2.84. The van der Waals surface area contributed by atoms with E-state index in [1.807, 2.05) is 13.0 Å². The molecule has 0 radical (unpaired) electrons. The van der Waals surface area contributed by atoms with Crippen LogP contribution in [0.5, 0.6) is 0 Å². The number of fused-ring (bicyclic) bond motifs is 1. The second kappa shape index (κ2) is 6.57. The van der Waals surface area contributed by atoms with Gasteiger partial charge in [0.25, 0.3) is 0 Å². The van der Waals surface area contributed by atoms with Crippen molar-refractivity contribution >= 4 is 39.8 Å². The normalized spacial score (nSPS) is 11.1. The molecule has 1 aromatic heterocycles. The second-order valence-corrected chi connectivity index (χ2v) is 5.19. The summed E-state index contributed by atoms with van der Waals surface area (Å²) in [6.07, 6.45) is 0.942. The Kier molecular flexibility index (Phi) is 5.02. The lowest BCUT2D eigenvalue weighted by Gasteiger charge is -2.13. The van der Waals surface area contributed by atoms with Gasteiger partial charge in [0, 0.05) is 24.7 Å². The fourth-order valence-corrected chi connectivity index (χ4v) is 2.52. The van der Waals surface area contributed by atoms with E-state index in [0.717, 1.165) is 24.3 Å². The van der Waals surface area contributed by atoms with Crippen LogP contribution < -0.4 is 5.32 Å². The molecule has 1 aromatic carbocycles. The minimum absolute atomic E-state index is 0.0115. The summed E-state index contributed by atoms with van der Waals surface area (Å²) < 4.78 is 19.0. The number of rotatable bonds is 5. The fraction of sp³-hybridized carbons (Fsp3) is 0.357. The van der Waals surface area contributed by atoms with Gasteiger partial charge in [0.15, 0.2) is 5.82 Å². The number of hydrogen-bond donors (Lipinski definition) is 1. The molecule has 0 unspecified atom stereocenters. The van der Waals surface area contributed by atoms with E-state index in [2.05, 4.69) is 10.3 Å². The van der Waals surface area contributed by atoms with Crippen molar-refractivity contribution in [3.05, 3.63) is 33.7 Å². The minimum atomic E-state index is -0.623. The van der Waals surface area contributed by atoms with Crippen LogP contribution in [0, 0.1) is 5.82 Å². The lowest BCUT2D eigenvalue weighted by molar-refractivity contribution is 0.182. The second-order valence-electron chi connectivity index (χ2n) is 4.40. The summed E-state index contributed by atoms with van der Waals surface area (Å²) >= 11 is 11.9. The Morgan fingerprint density at radius 2 is 2.10 bits per heavy atom. The Bertz CT molecular complexity index is 634. The highest BCUT2D eigenvalue weighted by molar-refractivity contribution is 6.39. The Labute approximate surface area is 127 Å². The van der Waals surface area contributed by atoms with E-state index in [0.29, 0.717) is 17.5 Å². The highest BCUT2D eigenvalue weighted by Crippen LogP contribution is 2.36. The maximum absolute atomic E-state index is 13.9. The number of halogens is 3. The van der Waals surface area contributed by atoms with E-state index < -0.39 is 5.82 Å². The van der Waals surface area contributed by atoms with E-state index in [1.165, 1.54) is 6.07 Å². The number of anilines is 1. The number of nitrogens with one attached hydrogen (secondary N) is 1. The van der Waals surface area contributed by atoms with Crippen LogP contribution >= 0.6 is 23.2 Å². The maximum Gasteiger partial charge on any atom is 0.161 e. The number of nitrogens with zero attached hydrogens (tertiary/aromatic N) is 1. The monoisotopic (exact) mass is 316 g/mol. The predicted octanol–water partition coefficient (Wildman–Crippen LogP) is 4.65. The number of hydrogen-bond acceptors (Lipinski definition) is 3. The molecule has 0 fully saturated rings. The summed E-state index contributed by atoms with van der Waals surface area (Å²) in [5.74, 6) is -0.623. The summed E-state index contributed by atoms with van der Waals surface area (Å²) in [6.45, 7) is 3.17. The van der Waals surface area contributed by atoms with Crippen molar-refractivity contribution in [2.45, 2.75) is 20.0 Å². The third kappa shape index (κ3) is 2.97. The molecule has 108 valence electrons. The van der Waals surface area contributed by atoms with Gasteiger partial charge < -0.3 is 10.1 Å². The number of aromatic nitrogens is 1. The quantitative estimate of drug-likeness (QED) is 0.815. The summed E-state index contributed by atoms with van der Waals surface area (Å²) in [6, 6.07) is 3.30. The van der Waals surface area contributed by atoms with Crippen LogP contribution in [0.2, 0.25) is 10.0 Å². The van der Waals surface area contributed by atoms with E-state index in [-0.39, 0.29) is 10.0 Å². The van der Waals surface area contributed by atoms with Crippen LogP contribution in [0.3, 0.4) is 0 Å². The van der Waals surface area contributed by atoms with E-state index in [4.69, 9.17) is 27.9 Å². The molecule has 6 heteroatoms. The first-order chi connectivity index (χ1) is 9.58. The van der Waals surface area contributed by atoms with Gasteiger partial charge in [-0.3, -0.25) is 4.98 Å². The molecule has 20 heavy (non-hydrogen) atoms. The third-order valence-corrected chi connectivity index (χ3v) is 3.47. The Hall–Kier alpha value is -1.10. The fourth-order valence-electron chi connectivity index (χ4n) is 1.97. The number of ether oxygens (including phenoxy) is 1. The molecule has 0 amide bonds. The summed E-state index contributed by atoms with van der Waals surface area (Å²) in [5.41, 5.74) is 2.02. The SMILES string of the molecule is CCCNc1cc(COC)nc2cc(Cl)c(F)c(Cl)c12. The lowest BCUT2D eigenvalue weighted by atomic mass is 10.1. The van der Waals surface area contributed by atoms with Crippen molar-refractivity contribution in [1.29, 1.82) is 0 Å². The van der Waals surface area contributed by atoms with Crippen LogP contribution in [-0.2, 0) is 11.3 Å². The molecule has 0 aliphatic carbocycles. The summed E-state index contributed by atoms with van der Waals surface area (Å²) in [7, 11) is 1.59. The number of pyridine rings is 1. The zero-order chi connectivity index (χ0) is 14.7. The van der Waals surface area contributed by atoms with Crippen molar-refractivity contribution in [2.24, 2.45) is 0 Å². The molecule has 0 aliphatic heterocycles. The summed E-state index contributed by atoms with van der Waals surface area (Å²) in [4.78, 5) is 4.40. The van der Waals surface area contributed by atoms with Gasteiger partial charge in [0.1, 0.15) is 0 Å². The van der Waals surface area contributed by atoms with Crippen molar-refractivity contribution in [1.82, 2.24) is 4.98 Å². The van der Waals surface area contributed by atoms with Crippen molar-refractivity contribution in [3.8, 4) is 0 Å². The Morgan fingerprint density at radius 1 is 1.35 bits per heavy atom. The average molecular weight is 317 g/mol. The molecule has 0 saturated heterocycles. The molecule has 0 spiro atoms. The Balaban J connectivity index is 2.67. The van der Waals surface area contributed by atoms with Crippen LogP contribution in [-0.4, -0.2) is 18.6 Å². The van der Waals surface area contributed by atoms with Crippen LogP contribution in [0.4, 0.5) is 10.1 Å². The zero-order valence-electron chi connectivity index (χ0n) is 11.3. The number of benzene rings is 1. The van der Waals surface area contributed by atoms with Gasteiger partial charge in [0.05, 0.1) is 27.9 Å². The molecular weight excluding hydrogens is 302 g/mol. The van der Waals surface area contributed by atoms with Crippen molar-refractivity contribution < 1.29 is 9.13 Å². The highest BCUT2D eigenvalue weighted by Gasteiger charge is 2.16. The molecule has 0 atom stereocenters. The first-order valence-electron chi connectivity index (χ1n) is 6.28. The molecule has 0 bridgehead atoms. The van der Waals surface area contributed by atoms with E-state index >= 15 is 0 Å². The minimum Gasteiger partial charge on any atom is -0.384 e. The largest absolute Gasteiger partial charge is 0.384 e. The molecule has 2 rings (SSSR count). The van der Waals surface area contributed by atoms with Crippen LogP contribution in [0.1, 0.15) is 19.0 Å². The average Bonchev–Trinajstić information content (AvgIpc) is 2.42.